The van der Waals surface area contributed by atoms with Crippen molar-refractivity contribution in [3.05, 3.63) is 10.8 Å². The predicted octanol–water partition coefficient (Wildman–Crippen LogP) is 1.75. The molecule has 0 aromatic rings. The van der Waals surface area contributed by atoms with Crippen LogP contribution in [0.4, 0.5) is 0 Å². The molecule has 1 rings (SSSR count). The summed E-state index contributed by atoms with van der Waals surface area (Å²) in [5.74, 6) is 0. The van der Waals surface area contributed by atoms with Crippen LogP contribution in [0.15, 0.2) is 0 Å². The quantitative estimate of drug-likeness (QED) is 0.479. The molecular weight excluding hydrogens is 294 g/mol. The van der Waals surface area contributed by atoms with E-state index < -0.39 is 0 Å². The zero-order chi connectivity index (χ0) is 11.9. The van der Waals surface area contributed by atoms with Crippen LogP contribution in [0.2, 0.25) is 0 Å². The molecule has 0 amide bonds. The van der Waals surface area contributed by atoms with Gasteiger partial charge in [-0.2, -0.15) is 10.3 Å². The summed E-state index contributed by atoms with van der Waals surface area (Å²) in [4.78, 5) is 2.45. The Morgan fingerprint density at radius 3 is 1.75 bits per heavy atom. The van der Waals surface area contributed by atoms with Gasteiger partial charge in [0.1, 0.15) is 0 Å². The van der Waals surface area contributed by atoms with Crippen LogP contribution in [-0.2, 0) is 19.5 Å². The SMILES string of the molecule is NCCN1CCCCC1.[N-]=C=S.[N-]=C=S.[Zn+2]. The number of nitrogens with two attached hydrogens (primary N) is 1. The number of nitrogens with zero attached hydrogens (tertiary/aromatic N) is 3. The van der Waals surface area contributed by atoms with Crippen molar-refractivity contribution in [1.29, 1.82) is 0 Å². The molecule has 1 aliphatic rings. The Balaban J connectivity index is -0.000000207. The summed E-state index contributed by atoms with van der Waals surface area (Å²) in [6, 6.07) is 0. The summed E-state index contributed by atoms with van der Waals surface area (Å²) in [5.41, 5.74) is 5.42. The Morgan fingerprint density at radius 2 is 1.44 bits per heavy atom. The second kappa shape index (κ2) is 20.5. The summed E-state index contributed by atoms with van der Waals surface area (Å²) in [6.45, 7) is 4.47. The molecule has 0 atom stereocenters. The number of hydrogen-bond donors (Lipinski definition) is 1. The van der Waals surface area contributed by atoms with Crippen LogP contribution >= 0.6 is 24.4 Å². The molecule has 0 spiro atoms. The fraction of sp³-hybridized carbons (Fsp3) is 0.778. The Bertz CT molecular complexity index is 181. The van der Waals surface area contributed by atoms with Crippen molar-refractivity contribution < 1.29 is 19.5 Å². The third-order valence-electron chi connectivity index (χ3n) is 1.89. The fourth-order valence-electron chi connectivity index (χ4n) is 1.37. The summed E-state index contributed by atoms with van der Waals surface area (Å²) < 4.78 is 0. The van der Waals surface area contributed by atoms with E-state index in [1.807, 2.05) is 0 Å². The van der Waals surface area contributed by atoms with E-state index in [0.29, 0.717) is 0 Å². The molecule has 0 aliphatic carbocycles. The number of likely N-dealkylation sites (tertiary alicyclic amines) is 1. The second-order valence-electron chi connectivity index (χ2n) is 2.87. The molecule has 0 aromatic heterocycles. The van der Waals surface area contributed by atoms with Crippen LogP contribution in [0.5, 0.6) is 0 Å². The average Bonchev–Trinajstić information content (AvgIpc) is 2.22. The predicted molar refractivity (Wildman–Crippen MR) is 71.3 cm³/mol. The normalized spacial score (nSPS) is 13.6. The molecule has 1 aliphatic heterocycles. The Hall–Kier alpha value is 0.143. The van der Waals surface area contributed by atoms with Crippen molar-refractivity contribution >= 4 is 34.8 Å². The molecule has 86 valence electrons. The first-order valence-electron chi connectivity index (χ1n) is 4.71. The Kier molecular flexibility index (Phi) is 27.5. The first kappa shape index (κ1) is 21.4. The van der Waals surface area contributed by atoms with E-state index in [1.165, 1.54) is 42.7 Å². The van der Waals surface area contributed by atoms with Crippen LogP contribution in [-0.4, -0.2) is 41.4 Å². The van der Waals surface area contributed by atoms with Crippen LogP contribution in [0.1, 0.15) is 19.3 Å². The minimum Gasteiger partial charge on any atom is -0.753 e. The van der Waals surface area contributed by atoms with Gasteiger partial charge in [-0.05, 0) is 25.9 Å². The first-order chi connectivity index (χ1) is 7.26. The van der Waals surface area contributed by atoms with Gasteiger partial charge >= 0.3 is 19.5 Å². The molecule has 0 unspecified atom stereocenters. The smallest absolute Gasteiger partial charge is 0.753 e. The maximum atomic E-state index is 7.13. The molecule has 1 saturated heterocycles. The summed E-state index contributed by atoms with van der Waals surface area (Å²) in [5, 5.41) is 16.9. The van der Waals surface area contributed by atoms with E-state index >= 15 is 0 Å². The molecule has 0 saturated carbocycles. The minimum absolute atomic E-state index is 0. The topological polar surface area (TPSA) is 73.9 Å². The van der Waals surface area contributed by atoms with Gasteiger partial charge in [0.15, 0.2) is 0 Å². The zero-order valence-corrected chi connectivity index (χ0v) is 14.0. The van der Waals surface area contributed by atoms with Gasteiger partial charge in [0, 0.05) is 13.1 Å². The number of isothiocyanates is 2. The van der Waals surface area contributed by atoms with Crippen LogP contribution < -0.4 is 5.73 Å². The largest absolute Gasteiger partial charge is 2.00 e. The molecule has 4 nitrogen and oxygen atoms in total. The van der Waals surface area contributed by atoms with Crippen LogP contribution in [0, 0.1) is 0 Å². The van der Waals surface area contributed by atoms with Gasteiger partial charge in [0.2, 0.25) is 0 Å². The molecule has 0 bridgehead atoms. The molecule has 2 N–H and O–H groups in total. The molecular formula is C9H16N4S2Zn. The van der Waals surface area contributed by atoms with E-state index in [9.17, 15) is 0 Å². The van der Waals surface area contributed by atoms with E-state index in [2.05, 4.69) is 29.3 Å². The van der Waals surface area contributed by atoms with Crippen molar-refractivity contribution in [2.24, 2.45) is 5.73 Å². The molecule has 1 fully saturated rings. The van der Waals surface area contributed by atoms with Gasteiger partial charge in [-0.15, -0.1) is 0 Å². The van der Waals surface area contributed by atoms with Crippen molar-refractivity contribution in [3.63, 3.8) is 0 Å². The van der Waals surface area contributed by atoms with E-state index in [-0.39, 0.29) is 19.5 Å². The summed E-state index contributed by atoms with van der Waals surface area (Å²) in [7, 11) is 0. The van der Waals surface area contributed by atoms with Crippen LogP contribution in [0.3, 0.4) is 0 Å². The van der Waals surface area contributed by atoms with Gasteiger partial charge < -0.3 is 21.5 Å². The van der Waals surface area contributed by atoms with Gasteiger partial charge in [-0.1, -0.05) is 30.9 Å². The number of piperidine rings is 1. The van der Waals surface area contributed by atoms with Gasteiger partial charge in [0.25, 0.3) is 0 Å². The zero-order valence-electron chi connectivity index (χ0n) is 9.39. The maximum Gasteiger partial charge on any atom is 2.00 e. The minimum atomic E-state index is 0. The summed E-state index contributed by atoms with van der Waals surface area (Å²) in [6.07, 6.45) is 4.17. The molecule has 16 heavy (non-hydrogen) atoms. The van der Waals surface area contributed by atoms with Crippen molar-refractivity contribution in [3.8, 4) is 0 Å². The molecule has 1 heterocycles. The third-order valence-corrected chi connectivity index (χ3v) is 1.89. The van der Waals surface area contributed by atoms with Crippen LogP contribution in [0.25, 0.3) is 10.8 Å². The standard InChI is InChI=1S/C7H16N2.2CNS.Zn/c8-4-7-9-5-2-1-3-6-9;2*2-1-3;/h1-8H2;;;/q;2*-1;+2. The monoisotopic (exact) mass is 308 g/mol. The van der Waals surface area contributed by atoms with Crippen molar-refractivity contribution in [1.82, 2.24) is 4.90 Å². The maximum absolute atomic E-state index is 7.13. The first-order valence-corrected chi connectivity index (χ1v) is 5.53. The molecule has 7 heteroatoms. The van der Waals surface area contributed by atoms with Crippen molar-refractivity contribution in [2.45, 2.75) is 19.3 Å². The number of hydrogen-bond acceptors (Lipinski definition) is 4. The van der Waals surface area contributed by atoms with E-state index in [0.717, 1.165) is 13.1 Å². The van der Waals surface area contributed by atoms with Gasteiger partial charge in [0.05, 0.1) is 0 Å². The van der Waals surface area contributed by atoms with Crippen molar-refractivity contribution in [2.75, 3.05) is 26.2 Å². The molecule has 0 aromatic carbocycles. The van der Waals surface area contributed by atoms with E-state index in [4.69, 9.17) is 16.6 Å². The third kappa shape index (κ3) is 19.7. The second-order valence-corrected chi connectivity index (χ2v) is 3.24. The average molecular weight is 310 g/mol. The number of thiocarbonyl (C=S) groups is 2. The molecule has 0 radical (unpaired) electrons. The Morgan fingerprint density at radius 1 is 1.06 bits per heavy atom. The summed E-state index contributed by atoms with van der Waals surface area (Å²) >= 11 is 7.40. The van der Waals surface area contributed by atoms with Gasteiger partial charge in [-0.25, -0.2) is 0 Å². The van der Waals surface area contributed by atoms with E-state index in [1.54, 1.807) is 0 Å². The fourth-order valence-corrected chi connectivity index (χ4v) is 1.37. The number of rotatable bonds is 2. The van der Waals surface area contributed by atoms with Gasteiger partial charge in [-0.3, -0.25) is 0 Å². The Labute approximate surface area is 121 Å².